The van der Waals surface area contributed by atoms with E-state index in [-0.39, 0.29) is 12.5 Å². The standard InChI is InChI=1S/C25H32FN3O3S/c1-31-20-4-6-24-22(15-20)21(7-9-27-24)23(26)5-3-18-8-12-29(16-19(18)17-30)11-2-14-33-25-28-10-13-32-25/h4,6-7,9-10,13,15,18-19,23,30H,2-3,5,8,11-12,14,16-17H2,1H3/t18-,19-,23?/m1/s1. The van der Waals surface area contributed by atoms with Gasteiger partial charge in [0.1, 0.15) is 18.2 Å². The number of likely N-dealkylation sites (tertiary alicyclic amines) is 1. The first kappa shape index (κ1) is 24.0. The Balaban J connectivity index is 1.27. The maximum absolute atomic E-state index is 15.3. The first-order chi connectivity index (χ1) is 16.2. The highest BCUT2D eigenvalue weighted by atomic mass is 32.2. The molecule has 0 bridgehead atoms. The molecule has 1 N–H and O–H groups in total. The van der Waals surface area contributed by atoms with E-state index in [1.165, 1.54) is 0 Å². The molecular weight excluding hydrogens is 441 g/mol. The Kier molecular flexibility index (Phi) is 8.58. The number of halogens is 1. The van der Waals surface area contributed by atoms with Gasteiger partial charge >= 0.3 is 0 Å². The summed E-state index contributed by atoms with van der Waals surface area (Å²) in [5.74, 6) is 2.20. The van der Waals surface area contributed by atoms with Crippen LogP contribution in [0.25, 0.3) is 10.9 Å². The van der Waals surface area contributed by atoms with Gasteiger partial charge in [-0.2, -0.15) is 0 Å². The topological polar surface area (TPSA) is 71.6 Å². The number of oxazole rings is 1. The van der Waals surface area contributed by atoms with Crippen LogP contribution in [0.1, 0.15) is 37.4 Å². The Bertz CT molecular complexity index is 1000. The molecule has 1 aliphatic heterocycles. The molecule has 0 saturated carbocycles. The quantitative estimate of drug-likeness (QED) is 0.306. The van der Waals surface area contributed by atoms with Crippen LogP contribution in [0.5, 0.6) is 5.75 Å². The van der Waals surface area contributed by atoms with Crippen LogP contribution >= 0.6 is 11.8 Å². The van der Waals surface area contributed by atoms with Crippen LogP contribution in [0.15, 0.2) is 52.6 Å². The molecule has 1 saturated heterocycles. The van der Waals surface area contributed by atoms with Crippen LogP contribution < -0.4 is 4.74 Å². The molecule has 3 aromatic rings. The summed E-state index contributed by atoms with van der Waals surface area (Å²) >= 11 is 1.63. The zero-order chi connectivity index (χ0) is 23.0. The molecule has 1 fully saturated rings. The number of nitrogens with zero attached hydrogens (tertiary/aromatic N) is 3. The Hall–Kier alpha value is -2.16. The van der Waals surface area contributed by atoms with E-state index in [4.69, 9.17) is 9.15 Å². The molecule has 3 heterocycles. The highest BCUT2D eigenvalue weighted by Crippen LogP contribution is 2.35. The lowest BCUT2D eigenvalue weighted by molar-refractivity contribution is 0.0640. The number of aromatic nitrogens is 2. The number of methoxy groups -OCH3 is 1. The van der Waals surface area contributed by atoms with Crippen molar-refractivity contribution in [3.63, 3.8) is 0 Å². The Labute approximate surface area is 198 Å². The number of benzene rings is 1. The van der Waals surface area contributed by atoms with Crippen molar-refractivity contribution in [1.29, 1.82) is 0 Å². The predicted molar refractivity (Wildman–Crippen MR) is 128 cm³/mol. The van der Waals surface area contributed by atoms with Gasteiger partial charge in [0.25, 0.3) is 5.22 Å². The van der Waals surface area contributed by atoms with Crippen molar-refractivity contribution in [3.8, 4) is 5.75 Å². The largest absolute Gasteiger partial charge is 0.497 e. The maximum Gasteiger partial charge on any atom is 0.255 e. The zero-order valence-electron chi connectivity index (χ0n) is 19.0. The van der Waals surface area contributed by atoms with Crippen molar-refractivity contribution in [2.24, 2.45) is 11.8 Å². The van der Waals surface area contributed by atoms with E-state index < -0.39 is 6.17 Å². The molecule has 0 spiro atoms. The number of aliphatic hydroxyl groups is 1. The summed E-state index contributed by atoms with van der Waals surface area (Å²) < 4.78 is 25.9. The monoisotopic (exact) mass is 473 g/mol. The van der Waals surface area contributed by atoms with Crippen molar-refractivity contribution in [1.82, 2.24) is 14.9 Å². The molecule has 1 aromatic carbocycles. The minimum Gasteiger partial charge on any atom is -0.497 e. The van der Waals surface area contributed by atoms with E-state index in [1.54, 1.807) is 43.6 Å². The molecule has 1 aliphatic rings. The van der Waals surface area contributed by atoms with Gasteiger partial charge in [-0.15, -0.1) is 0 Å². The van der Waals surface area contributed by atoms with E-state index >= 15 is 4.39 Å². The van der Waals surface area contributed by atoms with Gasteiger partial charge in [0.15, 0.2) is 0 Å². The van der Waals surface area contributed by atoms with Crippen molar-refractivity contribution in [2.75, 3.05) is 39.1 Å². The van der Waals surface area contributed by atoms with Crippen LogP contribution in [0.4, 0.5) is 4.39 Å². The Morgan fingerprint density at radius 1 is 1.27 bits per heavy atom. The van der Waals surface area contributed by atoms with Crippen LogP contribution in [0, 0.1) is 11.8 Å². The van der Waals surface area contributed by atoms with Gasteiger partial charge in [0, 0.05) is 30.5 Å². The lowest BCUT2D eigenvalue weighted by atomic mass is 9.81. The molecule has 0 amide bonds. The number of thioether (sulfide) groups is 1. The van der Waals surface area contributed by atoms with E-state index in [1.807, 2.05) is 18.2 Å². The molecule has 1 unspecified atom stereocenters. The van der Waals surface area contributed by atoms with Crippen LogP contribution in [-0.2, 0) is 0 Å². The first-order valence-electron chi connectivity index (χ1n) is 11.6. The first-order valence-corrected chi connectivity index (χ1v) is 12.6. The highest BCUT2D eigenvalue weighted by Gasteiger charge is 2.29. The predicted octanol–water partition coefficient (Wildman–Crippen LogP) is 5.14. The number of fused-ring (bicyclic) bond motifs is 1. The minimum absolute atomic E-state index is 0.151. The number of rotatable bonds is 11. The van der Waals surface area contributed by atoms with Gasteiger partial charge in [-0.25, -0.2) is 9.37 Å². The molecule has 8 heteroatoms. The van der Waals surface area contributed by atoms with E-state index in [2.05, 4.69) is 14.9 Å². The number of piperidine rings is 1. The number of alkyl halides is 1. The van der Waals surface area contributed by atoms with Gasteiger partial charge in [0.05, 0.1) is 18.8 Å². The second-order valence-electron chi connectivity index (χ2n) is 8.62. The minimum atomic E-state index is -1.06. The van der Waals surface area contributed by atoms with Gasteiger partial charge in [-0.05, 0) is 80.4 Å². The third kappa shape index (κ3) is 6.25. The zero-order valence-corrected chi connectivity index (χ0v) is 19.8. The SMILES string of the molecule is COc1ccc2nccc(C(F)CC[C@@H]3CCN(CCCSc4ncco4)C[C@@H]3CO)c2c1. The molecular formula is C25H32FN3O3S. The van der Waals surface area contributed by atoms with Gasteiger partial charge in [-0.3, -0.25) is 4.98 Å². The lowest BCUT2D eigenvalue weighted by Crippen LogP contribution is -2.42. The lowest BCUT2D eigenvalue weighted by Gasteiger charge is -2.38. The van der Waals surface area contributed by atoms with Crippen LogP contribution in [0.2, 0.25) is 0 Å². The van der Waals surface area contributed by atoms with Crippen molar-refractivity contribution >= 4 is 22.7 Å². The summed E-state index contributed by atoms with van der Waals surface area (Å²) in [5.41, 5.74) is 1.44. The average molecular weight is 474 g/mol. The maximum atomic E-state index is 15.3. The summed E-state index contributed by atoms with van der Waals surface area (Å²) in [7, 11) is 1.61. The molecule has 0 aliphatic carbocycles. The summed E-state index contributed by atoms with van der Waals surface area (Å²) in [6, 6.07) is 7.35. The average Bonchev–Trinajstić information content (AvgIpc) is 3.38. The normalized spacial score (nSPS) is 20.2. The van der Waals surface area contributed by atoms with E-state index in [0.29, 0.717) is 28.9 Å². The highest BCUT2D eigenvalue weighted by molar-refractivity contribution is 7.99. The van der Waals surface area contributed by atoms with Gasteiger partial charge in [-0.1, -0.05) is 11.8 Å². The molecule has 33 heavy (non-hydrogen) atoms. The molecule has 3 atom stereocenters. The number of aliphatic hydroxyl groups excluding tert-OH is 1. The fourth-order valence-electron chi connectivity index (χ4n) is 4.74. The van der Waals surface area contributed by atoms with Gasteiger partial charge in [0.2, 0.25) is 0 Å². The fraction of sp³-hybridized carbons (Fsp3) is 0.520. The van der Waals surface area contributed by atoms with Crippen LogP contribution in [0.3, 0.4) is 0 Å². The van der Waals surface area contributed by atoms with Crippen molar-refractivity contribution in [3.05, 3.63) is 48.5 Å². The molecule has 0 radical (unpaired) electrons. The second kappa shape index (κ2) is 11.8. The Morgan fingerprint density at radius 2 is 2.18 bits per heavy atom. The summed E-state index contributed by atoms with van der Waals surface area (Å²) in [6.07, 6.45) is 7.12. The Morgan fingerprint density at radius 3 is 2.97 bits per heavy atom. The molecule has 6 nitrogen and oxygen atoms in total. The second-order valence-corrected chi connectivity index (χ2v) is 9.67. The molecule has 2 aromatic heterocycles. The number of hydrogen-bond acceptors (Lipinski definition) is 7. The summed E-state index contributed by atoms with van der Waals surface area (Å²) in [4.78, 5) is 10.9. The number of pyridine rings is 1. The van der Waals surface area contributed by atoms with Gasteiger partial charge < -0.3 is 19.2 Å². The van der Waals surface area contributed by atoms with E-state index in [0.717, 1.165) is 55.6 Å². The third-order valence-corrected chi connectivity index (χ3v) is 7.52. The fourth-order valence-corrected chi connectivity index (χ4v) is 5.44. The summed E-state index contributed by atoms with van der Waals surface area (Å²) in [5, 5.41) is 11.5. The summed E-state index contributed by atoms with van der Waals surface area (Å²) in [6.45, 7) is 3.01. The number of ether oxygens (including phenoxy) is 1. The van der Waals surface area contributed by atoms with Crippen LogP contribution in [-0.4, -0.2) is 59.1 Å². The molecule has 178 valence electrons. The number of hydrogen-bond donors (Lipinski definition) is 1. The van der Waals surface area contributed by atoms with Crippen molar-refractivity contribution < 1.29 is 18.7 Å². The smallest absolute Gasteiger partial charge is 0.255 e. The van der Waals surface area contributed by atoms with Crippen molar-refractivity contribution in [2.45, 2.75) is 37.1 Å². The third-order valence-electron chi connectivity index (χ3n) is 6.57. The molecule has 4 rings (SSSR count). The van der Waals surface area contributed by atoms with E-state index in [9.17, 15) is 5.11 Å².